The number of methoxy groups -OCH3 is 3. The van der Waals surface area contributed by atoms with Gasteiger partial charge in [0.1, 0.15) is 0 Å². The molecule has 0 aromatic heterocycles. The van der Waals surface area contributed by atoms with Crippen LogP contribution in [0.25, 0.3) is 0 Å². The third-order valence-corrected chi connectivity index (χ3v) is 3.35. The number of rotatable bonds is 8. The topological polar surface area (TPSA) is 83.2 Å². The van der Waals surface area contributed by atoms with E-state index in [4.69, 9.17) is 24.7 Å². The number of hydrogen-bond donors (Lipinski definition) is 2. The van der Waals surface area contributed by atoms with Gasteiger partial charge in [-0.3, -0.25) is 0 Å². The molecule has 0 fully saturated rings. The third kappa shape index (κ3) is 4.00. The van der Waals surface area contributed by atoms with Gasteiger partial charge < -0.3 is 29.8 Å². The molecular weight excluding hydrogens is 274 g/mol. The fraction of sp³-hybridized carbons (Fsp3) is 0.600. The van der Waals surface area contributed by atoms with Crippen molar-refractivity contribution in [3.63, 3.8) is 0 Å². The van der Waals surface area contributed by atoms with Gasteiger partial charge in [-0.1, -0.05) is 0 Å². The van der Waals surface area contributed by atoms with Gasteiger partial charge in [-0.15, -0.1) is 0 Å². The van der Waals surface area contributed by atoms with Crippen molar-refractivity contribution in [2.75, 3.05) is 27.9 Å². The first-order valence-corrected chi connectivity index (χ1v) is 6.82. The Kier molecular flexibility index (Phi) is 6.74. The van der Waals surface area contributed by atoms with Crippen LogP contribution in [0.2, 0.25) is 0 Å². The van der Waals surface area contributed by atoms with Gasteiger partial charge in [0, 0.05) is 12.1 Å². The molecule has 6 nitrogen and oxygen atoms in total. The van der Waals surface area contributed by atoms with Crippen molar-refractivity contribution in [1.82, 2.24) is 0 Å². The van der Waals surface area contributed by atoms with Gasteiger partial charge in [0.15, 0.2) is 11.5 Å². The first kappa shape index (κ1) is 17.6. The van der Waals surface area contributed by atoms with Crippen molar-refractivity contribution >= 4 is 0 Å². The number of ether oxygens (including phenoxy) is 4. The van der Waals surface area contributed by atoms with Crippen LogP contribution in [0.4, 0.5) is 0 Å². The first-order valence-electron chi connectivity index (χ1n) is 6.82. The second-order valence-corrected chi connectivity index (χ2v) is 4.73. The molecule has 0 heterocycles. The quantitative estimate of drug-likeness (QED) is 0.757. The molecule has 0 saturated carbocycles. The fourth-order valence-electron chi connectivity index (χ4n) is 2.01. The van der Waals surface area contributed by atoms with Crippen LogP contribution in [-0.4, -0.2) is 45.2 Å². The van der Waals surface area contributed by atoms with E-state index in [0.717, 1.165) is 5.56 Å². The minimum atomic E-state index is -0.592. The molecule has 0 aliphatic carbocycles. The summed E-state index contributed by atoms with van der Waals surface area (Å²) in [7, 11) is 4.65. The molecule has 0 saturated heterocycles. The molecule has 3 unspecified atom stereocenters. The average Bonchev–Trinajstić information content (AvgIpc) is 2.50. The van der Waals surface area contributed by atoms with E-state index in [-0.39, 0.29) is 12.6 Å². The average molecular weight is 299 g/mol. The highest BCUT2D eigenvalue weighted by Crippen LogP contribution is 2.42. The van der Waals surface area contributed by atoms with Crippen LogP contribution in [0, 0.1) is 0 Å². The molecule has 0 bridgehead atoms. The van der Waals surface area contributed by atoms with E-state index in [1.807, 2.05) is 6.07 Å². The summed E-state index contributed by atoms with van der Waals surface area (Å²) in [4.78, 5) is 0. The monoisotopic (exact) mass is 299 g/mol. The van der Waals surface area contributed by atoms with Crippen LogP contribution >= 0.6 is 0 Å². The molecule has 0 radical (unpaired) electrons. The molecule has 0 aliphatic heterocycles. The molecule has 3 atom stereocenters. The molecule has 1 aromatic carbocycles. The Morgan fingerprint density at radius 3 is 2.10 bits per heavy atom. The van der Waals surface area contributed by atoms with Crippen LogP contribution in [0.3, 0.4) is 0 Å². The van der Waals surface area contributed by atoms with Gasteiger partial charge in [-0.25, -0.2) is 0 Å². The predicted molar refractivity (Wildman–Crippen MR) is 80.1 cm³/mol. The third-order valence-electron chi connectivity index (χ3n) is 3.35. The summed E-state index contributed by atoms with van der Waals surface area (Å²) in [6.45, 7) is 3.72. The maximum absolute atomic E-state index is 9.58. The molecule has 0 spiro atoms. The summed E-state index contributed by atoms with van der Waals surface area (Å²) in [5, 5.41) is 9.58. The fourth-order valence-corrected chi connectivity index (χ4v) is 2.01. The van der Waals surface area contributed by atoms with Gasteiger partial charge in [-0.2, -0.15) is 0 Å². The molecule has 3 N–H and O–H groups in total. The highest BCUT2D eigenvalue weighted by molar-refractivity contribution is 5.56. The lowest BCUT2D eigenvalue weighted by molar-refractivity contribution is -0.0598. The summed E-state index contributed by atoms with van der Waals surface area (Å²) >= 11 is 0. The van der Waals surface area contributed by atoms with Gasteiger partial charge in [0.25, 0.3) is 0 Å². The Labute approximate surface area is 125 Å². The van der Waals surface area contributed by atoms with Crippen LogP contribution in [0.5, 0.6) is 17.2 Å². The zero-order valence-corrected chi connectivity index (χ0v) is 13.3. The standard InChI is InChI=1S/C15H25NO5/c1-9(17)10(2)21-13(8-16)11-6-7-12(18-3)15(20-5)14(11)19-4/h6-7,9-10,13,17H,8,16H2,1-5H3. The lowest BCUT2D eigenvalue weighted by Gasteiger charge is -2.25. The Morgan fingerprint density at radius 2 is 1.67 bits per heavy atom. The highest BCUT2D eigenvalue weighted by Gasteiger charge is 2.24. The van der Waals surface area contributed by atoms with Crippen molar-refractivity contribution < 1.29 is 24.1 Å². The van der Waals surface area contributed by atoms with Crippen molar-refractivity contribution in [1.29, 1.82) is 0 Å². The second-order valence-electron chi connectivity index (χ2n) is 4.73. The Hall–Kier alpha value is -1.50. The van der Waals surface area contributed by atoms with Crippen molar-refractivity contribution in [2.45, 2.75) is 32.2 Å². The molecular formula is C15H25NO5. The molecule has 0 aliphatic rings. The van der Waals surface area contributed by atoms with E-state index in [1.165, 1.54) is 0 Å². The number of aliphatic hydroxyl groups excluding tert-OH is 1. The number of benzene rings is 1. The molecule has 6 heteroatoms. The van der Waals surface area contributed by atoms with E-state index < -0.39 is 12.2 Å². The second kappa shape index (κ2) is 8.07. The number of nitrogens with two attached hydrogens (primary N) is 1. The van der Waals surface area contributed by atoms with Gasteiger partial charge >= 0.3 is 0 Å². The number of hydrogen-bond acceptors (Lipinski definition) is 6. The summed E-state index contributed by atoms with van der Waals surface area (Å²) in [5.74, 6) is 1.58. The van der Waals surface area contributed by atoms with Crippen LogP contribution in [0.1, 0.15) is 25.5 Å². The minimum absolute atomic E-state index is 0.253. The normalized spacial score (nSPS) is 15.2. The molecule has 1 aromatic rings. The minimum Gasteiger partial charge on any atom is -0.493 e. The first-order chi connectivity index (χ1) is 9.99. The van der Waals surface area contributed by atoms with E-state index in [2.05, 4.69) is 0 Å². The van der Waals surface area contributed by atoms with E-state index >= 15 is 0 Å². The van der Waals surface area contributed by atoms with Crippen molar-refractivity contribution in [3.8, 4) is 17.2 Å². The van der Waals surface area contributed by atoms with Gasteiger partial charge in [-0.05, 0) is 26.0 Å². The van der Waals surface area contributed by atoms with Crippen LogP contribution in [-0.2, 0) is 4.74 Å². The SMILES string of the molecule is COc1ccc(C(CN)OC(C)C(C)O)c(OC)c1OC. The Morgan fingerprint density at radius 1 is 1.05 bits per heavy atom. The van der Waals surface area contributed by atoms with Gasteiger partial charge in [0.2, 0.25) is 5.75 Å². The summed E-state index contributed by atoms with van der Waals surface area (Å²) in [6.07, 6.45) is -1.36. The van der Waals surface area contributed by atoms with Crippen LogP contribution in [0.15, 0.2) is 12.1 Å². The van der Waals surface area contributed by atoms with Crippen molar-refractivity contribution in [2.24, 2.45) is 5.73 Å². The molecule has 1 rings (SSSR count). The zero-order valence-electron chi connectivity index (χ0n) is 13.3. The maximum atomic E-state index is 9.58. The summed E-state index contributed by atoms with van der Waals surface area (Å²) in [6, 6.07) is 3.60. The van der Waals surface area contributed by atoms with E-state index in [9.17, 15) is 5.11 Å². The number of aliphatic hydroxyl groups is 1. The summed E-state index contributed by atoms with van der Waals surface area (Å²) < 4.78 is 21.8. The van der Waals surface area contributed by atoms with Crippen molar-refractivity contribution in [3.05, 3.63) is 17.7 Å². The zero-order chi connectivity index (χ0) is 16.0. The van der Waals surface area contributed by atoms with Crippen LogP contribution < -0.4 is 19.9 Å². The summed E-state index contributed by atoms with van der Waals surface area (Å²) in [5.41, 5.74) is 6.56. The molecule has 120 valence electrons. The molecule has 0 amide bonds. The largest absolute Gasteiger partial charge is 0.493 e. The lowest BCUT2D eigenvalue weighted by atomic mass is 10.1. The van der Waals surface area contributed by atoms with E-state index in [0.29, 0.717) is 17.2 Å². The smallest absolute Gasteiger partial charge is 0.203 e. The van der Waals surface area contributed by atoms with Gasteiger partial charge in [0.05, 0.1) is 39.6 Å². The van der Waals surface area contributed by atoms with E-state index in [1.54, 1.807) is 41.2 Å². The molecule has 21 heavy (non-hydrogen) atoms. The predicted octanol–water partition coefficient (Wildman–Crippen LogP) is 1.50. The Balaban J connectivity index is 3.20. The highest BCUT2D eigenvalue weighted by atomic mass is 16.5. The lowest BCUT2D eigenvalue weighted by Crippen LogP contribution is -2.28. The maximum Gasteiger partial charge on any atom is 0.203 e. The Bertz CT molecular complexity index is 450.